The zero-order chi connectivity index (χ0) is 16.4. The van der Waals surface area contributed by atoms with Crippen molar-refractivity contribution in [3.8, 4) is 0 Å². The Morgan fingerprint density at radius 1 is 1.43 bits per heavy atom. The van der Waals surface area contributed by atoms with Crippen molar-refractivity contribution in [2.75, 3.05) is 18.5 Å². The van der Waals surface area contributed by atoms with Crippen LogP contribution in [0.25, 0.3) is 0 Å². The third-order valence-corrected chi connectivity index (χ3v) is 4.04. The fraction of sp³-hybridized carbons (Fsp3) is 0.455. The van der Waals surface area contributed by atoms with E-state index in [-0.39, 0.29) is 12.2 Å². The van der Waals surface area contributed by atoms with Crippen LogP contribution in [0.5, 0.6) is 0 Å². The van der Waals surface area contributed by atoms with Gasteiger partial charge in [0.1, 0.15) is 5.69 Å². The third kappa shape index (κ3) is 3.85. The number of aliphatic hydroxyl groups is 1. The van der Waals surface area contributed by atoms with Gasteiger partial charge >= 0.3 is 5.76 Å². The van der Waals surface area contributed by atoms with Gasteiger partial charge in [0.2, 0.25) is 9.84 Å². The first-order valence-electron chi connectivity index (χ1n) is 5.77. The molecule has 0 heterocycles. The molecule has 0 fully saturated rings. The highest BCUT2D eigenvalue weighted by atomic mass is 32.2. The SMILES string of the molecule is CC(O)CN(C)c1ccc(S(=O)(=O)C(F)F)cc1[N+](=O)[O-]. The van der Waals surface area contributed by atoms with Gasteiger partial charge in [-0.1, -0.05) is 0 Å². The van der Waals surface area contributed by atoms with Gasteiger partial charge in [0.25, 0.3) is 5.69 Å². The normalized spacial score (nSPS) is 13.2. The Morgan fingerprint density at radius 3 is 2.43 bits per heavy atom. The minimum atomic E-state index is -4.90. The van der Waals surface area contributed by atoms with E-state index in [1.807, 2.05) is 0 Å². The Labute approximate surface area is 119 Å². The molecule has 0 aliphatic carbocycles. The van der Waals surface area contributed by atoms with E-state index >= 15 is 0 Å². The lowest BCUT2D eigenvalue weighted by Crippen LogP contribution is -2.27. The van der Waals surface area contributed by atoms with Crippen LogP contribution < -0.4 is 4.90 Å². The van der Waals surface area contributed by atoms with E-state index in [1.165, 1.54) is 18.9 Å². The smallest absolute Gasteiger partial charge is 0.341 e. The molecule has 0 aromatic heterocycles. The van der Waals surface area contributed by atoms with E-state index in [4.69, 9.17) is 0 Å². The van der Waals surface area contributed by atoms with Crippen molar-refractivity contribution in [3.63, 3.8) is 0 Å². The summed E-state index contributed by atoms with van der Waals surface area (Å²) in [6.45, 7) is 1.53. The molecule has 1 unspecified atom stereocenters. The first-order valence-corrected chi connectivity index (χ1v) is 7.31. The van der Waals surface area contributed by atoms with E-state index < -0.39 is 37.2 Å². The molecule has 1 N–H and O–H groups in total. The molecule has 0 aliphatic rings. The number of likely N-dealkylation sites (N-methyl/N-ethyl adjacent to an activating group) is 1. The standard InChI is InChI=1S/C11H14F2N2O5S/c1-7(16)6-14(2)9-4-3-8(5-10(9)15(17)18)21(19,20)11(12)13/h3-5,7,11,16H,6H2,1-2H3. The van der Waals surface area contributed by atoms with Crippen molar-refractivity contribution in [3.05, 3.63) is 28.3 Å². The Morgan fingerprint density at radius 2 is 2.00 bits per heavy atom. The van der Waals surface area contributed by atoms with Gasteiger partial charge < -0.3 is 10.0 Å². The molecule has 7 nitrogen and oxygen atoms in total. The topological polar surface area (TPSA) is 101 Å². The molecule has 10 heteroatoms. The van der Waals surface area contributed by atoms with E-state index in [0.717, 1.165) is 12.1 Å². The summed E-state index contributed by atoms with van der Waals surface area (Å²) in [6.07, 6.45) is -0.779. The quantitative estimate of drug-likeness (QED) is 0.627. The van der Waals surface area contributed by atoms with Gasteiger partial charge in [-0.2, -0.15) is 8.78 Å². The number of benzene rings is 1. The number of aliphatic hydroxyl groups excluding tert-OH is 1. The molecule has 1 atom stereocenters. The lowest BCUT2D eigenvalue weighted by Gasteiger charge is -2.20. The molecule has 21 heavy (non-hydrogen) atoms. The fourth-order valence-corrected chi connectivity index (χ4v) is 2.49. The second kappa shape index (κ2) is 6.31. The number of nitro groups is 1. The van der Waals surface area contributed by atoms with Gasteiger partial charge in [0, 0.05) is 19.7 Å². The van der Waals surface area contributed by atoms with Crippen LogP contribution >= 0.6 is 0 Å². The first kappa shape index (κ1) is 17.2. The lowest BCUT2D eigenvalue weighted by molar-refractivity contribution is -0.384. The second-order valence-electron chi connectivity index (χ2n) is 4.44. The van der Waals surface area contributed by atoms with Crippen LogP contribution in [-0.4, -0.2) is 43.9 Å². The maximum absolute atomic E-state index is 12.5. The van der Waals surface area contributed by atoms with Gasteiger partial charge in [-0.3, -0.25) is 10.1 Å². The summed E-state index contributed by atoms with van der Waals surface area (Å²) in [4.78, 5) is 10.6. The highest BCUT2D eigenvalue weighted by Crippen LogP contribution is 2.31. The maximum Gasteiger partial charge on any atom is 0.341 e. The van der Waals surface area contributed by atoms with Crippen LogP contribution in [0.4, 0.5) is 20.2 Å². The second-order valence-corrected chi connectivity index (χ2v) is 6.36. The fourth-order valence-electron chi connectivity index (χ4n) is 1.75. The zero-order valence-electron chi connectivity index (χ0n) is 11.2. The van der Waals surface area contributed by atoms with E-state index in [1.54, 1.807) is 0 Å². The predicted molar refractivity (Wildman–Crippen MR) is 71.2 cm³/mol. The van der Waals surface area contributed by atoms with Crippen molar-refractivity contribution in [2.24, 2.45) is 0 Å². The summed E-state index contributed by atoms with van der Waals surface area (Å²) >= 11 is 0. The molecule has 1 rings (SSSR count). The molecule has 0 saturated carbocycles. The highest BCUT2D eigenvalue weighted by molar-refractivity contribution is 7.91. The van der Waals surface area contributed by atoms with Crippen molar-refractivity contribution >= 4 is 21.2 Å². The monoisotopic (exact) mass is 324 g/mol. The Bertz CT molecular complexity index is 634. The molecule has 0 bridgehead atoms. The first-order chi connectivity index (χ1) is 9.57. The number of hydrogen-bond donors (Lipinski definition) is 1. The summed E-state index contributed by atoms with van der Waals surface area (Å²) in [5.41, 5.74) is -0.603. The van der Waals surface area contributed by atoms with Crippen LogP contribution in [0.3, 0.4) is 0 Å². The van der Waals surface area contributed by atoms with Gasteiger partial charge in [-0.05, 0) is 19.1 Å². The predicted octanol–water partition coefficient (Wildman–Crippen LogP) is 1.41. The minimum absolute atomic E-state index is 0.0223. The number of nitrogens with zero attached hydrogens (tertiary/aromatic N) is 2. The minimum Gasteiger partial charge on any atom is -0.392 e. The van der Waals surface area contributed by atoms with Gasteiger partial charge in [0.15, 0.2) is 0 Å². The lowest BCUT2D eigenvalue weighted by atomic mass is 10.2. The zero-order valence-corrected chi connectivity index (χ0v) is 12.0. The number of sulfone groups is 1. The summed E-state index contributed by atoms with van der Waals surface area (Å²) < 4.78 is 47.6. The molecule has 1 aromatic rings. The number of rotatable bonds is 6. The van der Waals surface area contributed by atoms with Crippen LogP contribution in [-0.2, 0) is 9.84 Å². The van der Waals surface area contributed by atoms with E-state index in [2.05, 4.69) is 0 Å². The van der Waals surface area contributed by atoms with Gasteiger partial charge in [0.05, 0.1) is 15.9 Å². The molecule has 0 spiro atoms. The Hall–Kier alpha value is -1.81. The Kier molecular flexibility index (Phi) is 5.18. The molecule has 0 amide bonds. The Balaban J connectivity index is 3.36. The largest absolute Gasteiger partial charge is 0.392 e. The van der Waals surface area contributed by atoms with Crippen molar-refractivity contribution in [2.45, 2.75) is 23.7 Å². The number of hydrogen-bond acceptors (Lipinski definition) is 6. The third-order valence-electron chi connectivity index (χ3n) is 2.66. The molecule has 0 radical (unpaired) electrons. The molecule has 1 aromatic carbocycles. The molecular formula is C11H14F2N2O5S. The summed E-state index contributed by atoms with van der Waals surface area (Å²) in [5, 5.41) is 20.3. The van der Waals surface area contributed by atoms with Crippen LogP contribution in [0.2, 0.25) is 0 Å². The molecule has 118 valence electrons. The molecular weight excluding hydrogens is 310 g/mol. The molecule has 0 saturated heterocycles. The molecule has 0 aliphatic heterocycles. The van der Waals surface area contributed by atoms with E-state index in [0.29, 0.717) is 6.07 Å². The van der Waals surface area contributed by atoms with Gasteiger partial charge in [-0.15, -0.1) is 0 Å². The highest BCUT2D eigenvalue weighted by Gasteiger charge is 2.30. The van der Waals surface area contributed by atoms with Gasteiger partial charge in [-0.25, -0.2) is 8.42 Å². The summed E-state index contributed by atoms with van der Waals surface area (Å²) in [6, 6.07) is 2.54. The van der Waals surface area contributed by atoms with E-state index in [9.17, 15) is 32.4 Å². The number of halogens is 2. The summed E-state index contributed by atoms with van der Waals surface area (Å²) in [5.74, 6) is -3.65. The maximum atomic E-state index is 12.5. The number of nitro benzene ring substituents is 1. The average Bonchev–Trinajstić information content (AvgIpc) is 2.36. The summed E-state index contributed by atoms with van der Waals surface area (Å²) in [7, 11) is -3.45. The van der Waals surface area contributed by atoms with Crippen molar-refractivity contribution in [1.29, 1.82) is 0 Å². The average molecular weight is 324 g/mol. The van der Waals surface area contributed by atoms with Crippen LogP contribution in [0.1, 0.15) is 6.92 Å². The van der Waals surface area contributed by atoms with Crippen LogP contribution in [0, 0.1) is 10.1 Å². The number of anilines is 1. The van der Waals surface area contributed by atoms with Crippen molar-refractivity contribution in [1.82, 2.24) is 0 Å². The van der Waals surface area contributed by atoms with Crippen LogP contribution in [0.15, 0.2) is 23.1 Å². The van der Waals surface area contributed by atoms with Crippen molar-refractivity contribution < 1.29 is 27.2 Å². The number of alkyl halides is 2.